The molecule has 2 fully saturated rings. The number of anilines is 1. The van der Waals surface area contributed by atoms with Crippen LogP contribution in [-0.2, 0) is 0 Å². The average molecular weight is 483 g/mol. The number of H-pyrrole nitrogens is 1. The van der Waals surface area contributed by atoms with E-state index in [9.17, 15) is 4.79 Å². The number of hydrogen-bond acceptors (Lipinski definition) is 9. The van der Waals surface area contributed by atoms with Crippen molar-refractivity contribution >= 4 is 11.6 Å². The topological polar surface area (TPSA) is 148 Å². The number of nitrogens with two attached hydrogens (primary N) is 2. The number of pyridine rings is 1. The number of aromatic amines is 1. The molecule has 0 aliphatic heterocycles. The van der Waals surface area contributed by atoms with Crippen LogP contribution in [0.4, 0.5) is 5.95 Å². The quantitative estimate of drug-likeness (QED) is 0.329. The molecule has 0 spiro atoms. The van der Waals surface area contributed by atoms with Crippen molar-refractivity contribution in [2.24, 2.45) is 11.6 Å². The fourth-order valence-electron chi connectivity index (χ4n) is 4.96. The van der Waals surface area contributed by atoms with Crippen molar-refractivity contribution in [3.05, 3.63) is 45.5 Å². The second-order valence-corrected chi connectivity index (χ2v) is 9.68. The number of aryl methyl sites for hydroxylation is 1. The molecule has 10 nitrogen and oxygen atoms in total. The smallest absolute Gasteiger partial charge is 0.349 e. The Labute approximate surface area is 206 Å². The van der Waals surface area contributed by atoms with Crippen LogP contribution in [0.15, 0.2) is 22.6 Å². The second kappa shape index (κ2) is 11.5. The summed E-state index contributed by atoms with van der Waals surface area (Å²) in [5.74, 6) is 8.12. The van der Waals surface area contributed by atoms with E-state index in [1.165, 1.54) is 30.7 Å². The van der Waals surface area contributed by atoms with Gasteiger partial charge in [0, 0.05) is 13.0 Å². The zero-order valence-corrected chi connectivity index (χ0v) is 20.8. The number of rotatable bonds is 8. The molecule has 4 rings (SSSR count). The molecular formula is C25H38N8O2. The van der Waals surface area contributed by atoms with Gasteiger partial charge in [0.05, 0.1) is 35.4 Å². The fourth-order valence-corrected chi connectivity index (χ4v) is 4.96. The van der Waals surface area contributed by atoms with Crippen molar-refractivity contribution in [1.29, 1.82) is 0 Å². The molecule has 190 valence electrons. The lowest BCUT2D eigenvalue weighted by atomic mass is 9.89. The van der Waals surface area contributed by atoms with Gasteiger partial charge in [-0.25, -0.2) is 15.6 Å². The normalized spacial score (nSPS) is 18.1. The predicted octanol–water partition coefficient (Wildman–Crippen LogP) is 3.17. The van der Waals surface area contributed by atoms with Gasteiger partial charge in [0.25, 0.3) is 0 Å². The van der Waals surface area contributed by atoms with Gasteiger partial charge in [0.15, 0.2) is 0 Å². The molecule has 0 atom stereocenters. The molecule has 2 aliphatic rings. The number of nitrogens with zero attached hydrogens (tertiary/aromatic N) is 4. The van der Waals surface area contributed by atoms with Gasteiger partial charge < -0.3 is 20.8 Å². The number of nitrogens with one attached hydrogen (secondary N) is 2. The predicted molar refractivity (Wildman–Crippen MR) is 137 cm³/mol. The minimum Gasteiger partial charge on any atom is -0.489 e. The monoisotopic (exact) mass is 482 g/mol. The molecule has 0 bridgehead atoms. The van der Waals surface area contributed by atoms with Crippen molar-refractivity contribution in [1.82, 2.24) is 24.9 Å². The Morgan fingerprint density at radius 1 is 1.09 bits per heavy atom. The molecule has 2 aromatic heterocycles. The summed E-state index contributed by atoms with van der Waals surface area (Å²) in [6, 6.07) is 3.78. The van der Waals surface area contributed by atoms with Crippen molar-refractivity contribution < 1.29 is 4.74 Å². The van der Waals surface area contributed by atoms with Crippen LogP contribution in [0, 0.1) is 6.92 Å². The standard InChI is InChI=1S/C25H38N8O2/c1-16-21(35-18-11-7-4-8-12-18)14-13-19(29-16)22(26)20(33(2)27)15-28-24-30-23(31-25(34)32-24)17-9-5-3-6-10-17/h13-14,17-18H,3-12,15,26-27H2,1-2H3,(H2,28,30,31,32,34)/b22-20-. The summed E-state index contributed by atoms with van der Waals surface area (Å²) in [6.45, 7) is 2.17. The maximum absolute atomic E-state index is 12.2. The Morgan fingerprint density at radius 2 is 1.77 bits per heavy atom. The molecule has 0 radical (unpaired) electrons. The van der Waals surface area contributed by atoms with Crippen molar-refractivity contribution in [2.45, 2.75) is 83.2 Å². The van der Waals surface area contributed by atoms with Crippen molar-refractivity contribution in [3.63, 3.8) is 0 Å². The van der Waals surface area contributed by atoms with E-state index in [-0.39, 0.29) is 24.5 Å². The number of likely N-dealkylation sites (N-methyl/N-ethyl adjacent to an activating group) is 1. The minimum absolute atomic E-state index is 0.243. The number of hydrogen-bond donors (Lipinski definition) is 4. The van der Waals surface area contributed by atoms with Crippen LogP contribution in [0.2, 0.25) is 0 Å². The third-order valence-electron chi connectivity index (χ3n) is 6.97. The van der Waals surface area contributed by atoms with Gasteiger partial charge >= 0.3 is 5.69 Å². The van der Waals surface area contributed by atoms with Crippen LogP contribution < -0.4 is 27.3 Å². The molecule has 2 saturated carbocycles. The highest BCUT2D eigenvalue weighted by Gasteiger charge is 2.20. The summed E-state index contributed by atoms with van der Waals surface area (Å²) in [5, 5.41) is 4.57. The van der Waals surface area contributed by atoms with Gasteiger partial charge in [-0.1, -0.05) is 25.7 Å². The lowest BCUT2D eigenvalue weighted by Gasteiger charge is -2.24. The van der Waals surface area contributed by atoms with E-state index >= 15 is 0 Å². The summed E-state index contributed by atoms with van der Waals surface area (Å²) < 4.78 is 6.19. The zero-order valence-electron chi connectivity index (χ0n) is 20.8. The van der Waals surface area contributed by atoms with Gasteiger partial charge in [0.1, 0.15) is 11.6 Å². The molecule has 35 heavy (non-hydrogen) atoms. The van der Waals surface area contributed by atoms with Gasteiger partial charge in [-0.15, -0.1) is 0 Å². The van der Waals surface area contributed by atoms with Gasteiger partial charge in [-0.2, -0.15) is 9.97 Å². The highest BCUT2D eigenvalue weighted by atomic mass is 16.5. The Morgan fingerprint density at radius 3 is 2.43 bits per heavy atom. The number of ether oxygens (including phenoxy) is 1. The molecule has 2 heterocycles. The lowest BCUT2D eigenvalue weighted by Crippen LogP contribution is -2.32. The van der Waals surface area contributed by atoms with Gasteiger partial charge in [-0.05, 0) is 57.6 Å². The molecule has 0 amide bonds. The molecule has 0 unspecified atom stereocenters. The minimum atomic E-state index is -0.409. The van der Waals surface area contributed by atoms with Crippen LogP contribution in [-0.4, -0.2) is 44.6 Å². The highest BCUT2D eigenvalue weighted by Crippen LogP contribution is 2.30. The van der Waals surface area contributed by atoms with E-state index in [4.69, 9.17) is 16.3 Å². The lowest BCUT2D eigenvalue weighted by molar-refractivity contribution is 0.153. The Bertz CT molecular complexity index is 1090. The van der Waals surface area contributed by atoms with Crippen LogP contribution >= 0.6 is 0 Å². The SMILES string of the molecule is Cc1nc(/C(N)=C(\CNc2nc(C3CCCCC3)[nH]c(=O)n2)N(C)N)ccc1OC1CCCCC1. The van der Waals surface area contributed by atoms with E-state index in [1.807, 2.05) is 19.1 Å². The molecule has 2 aliphatic carbocycles. The average Bonchev–Trinajstić information content (AvgIpc) is 2.86. The summed E-state index contributed by atoms with van der Waals surface area (Å²) in [4.78, 5) is 28.2. The van der Waals surface area contributed by atoms with E-state index in [1.54, 1.807) is 7.05 Å². The van der Waals surface area contributed by atoms with E-state index in [0.717, 1.165) is 50.0 Å². The van der Waals surface area contributed by atoms with Gasteiger partial charge in [-0.3, -0.25) is 4.98 Å². The third kappa shape index (κ3) is 6.50. The van der Waals surface area contributed by atoms with E-state index in [2.05, 4.69) is 25.3 Å². The Kier molecular flexibility index (Phi) is 8.22. The molecular weight excluding hydrogens is 444 g/mol. The molecule has 0 aromatic carbocycles. The fraction of sp³-hybridized carbons (Fsp3) is 0.600. The van der Waals surface area contributed by atoms with Crippen molar-refractivity contribution in [2.75, 3.05) is 18.9 Å². The Balaban J connectivity index is 1.49. The van der Waals surface area contributed by atoms with Crippen LogP contribution in [0.1, 0.15) is 87.3 Å². The first-order chi connectivity index (χ1) is 16.9. The molecule has 10 heteroatoms. The number of aromatic nitrogens is 4. The van der Waals surface area contributed by atoms with Crippen LogP contribution in [0.25, 0.3) is 5.70 Å². The number of hydrazine groups is 1. The maximum Gasteiger partial charge on any atom is 0.349 e. The van der Waals surface area contributed by atoms with Crippen LogP contribution in [0.5, 0.6) is 5.75 Å². The summed E-state index contributed by atoms with van der Waals surface area (Å²) in [5.41, 5.74) is 8.53. The first-order valence-corrected chi connectivity index (χ1v) is 12.7. The van der Waals surface area contributed by atoms with Crippen LogP contribution in [0.3, 0.4) is 0 Å². The third-order valence-corrected chi connectivity index (χ3v) is 6.97. The van der Waals surface area contributed by atoms with E-state index < -0.39 is 5.69 Å². The Hall–Kier alpha value is -3.14. The summed E-state index contributed by atoms with van der Waals surface area (Å²) >= 11 is 0. The first kappa shape index (κ1) is 25.0. The maximum atomic E-state index is 12.2. The van der Waals surface area contributed by atoms with Crippen molar-refractivity contribution in [3.8, 4) is 5.75 Å². The molecule has 2 aromatic rings. The summed E-state index contributed by atoms with van der Waals surface area (Å²) in [6.07, 6.45) is 11.7. The van der Waals surface area contributed by atoms with E-state index in [0.29, 0.717) is 22.9 Å². The first-order valence-electron chi connectivity index (χ1n) is 12.7. The largest absolute Gasteiger partial charge is 0.489 e. The molecule has 6 N–H and O–H groups in total. The van der Waals surface area contributed by atoms with Gasteiger partial charge in [0.2, 0.25) is 5.95 Å². The zero-order chi connectivity index (χ0) is 24.8. The second-order valence-electron chi connectivity index (χ2n) is 9.68. The molecule has 0 saturated heterocycles. The summed E-state index contributed by atoms with van der Waals surface area (Å²) in [7, 11) is 1.71. The highest BCUT2D eigenvalue weighted by molar-refractivity contribution is 5.64.